The molecule has 1 fully saturated rings. The third-order valence-corrected chi connectivity index (χ3v) is 7.30. The predicted molar refractivity (Wildman–Crippen MR) is 141 cm³/mol. The van der Waals surface area contributed by atoms with Gasteiger partial charge in [-0.2, -0.15) is 0 Å². The third-order valence-electron chi connectivity index (χ3n) is 7.08. The largest absolute Gasteiger partial charge is 0.481 e. The van der Waals surface area contributed by atoms with Crippen molar-refractivity contribution in [3.05, 3.63) is 89.3 Å². The van der Waals surface area contributed by atoms with Gasteiger partial charge in [0.15, 0.2) is 0 Å². The van der Waals surface area contributed by atoms with Gasteiger partial charge in [-0.15, -0.1) is 0 Å². The summed E-state index contributed by atoms with van der Waals surface area (Å²) in [5.41, 5.74) is 4.42. The molecular formula is C29H28ClN3O3. The highest BCUT2D eigenvalue weighted by molar-refractivity contribution is 6.32. The van der Waals surface area contributed by atoms with Gasteiger partial charge < -0.3 is 15.0 Å². The molecule has 5 rings (SSSR count). The van der Waals surface area contributed by atoms with E-state index in [4.69, 9.17) is 11.6 Å². The molecule has 7 heteroatoms. The lowest BCUT2D eigenvalue weighted by Gasteiger charge is -2.26. The first-order valence-corrected chi connectivity index (χ1v) is 12.7. The molecule has 0 aliphatic heterocycles. The minimum absolute atomic E-state index is 0.171. The van der Waals surface area contributed by atoms with Crippen LogP contribution in [0.25, 0.3) is 22.0 Å². The van der Waals surface area contributed by atoms with E-state index < -0.39 is 5.97 Å². The molecule has 2 heterocycles. The summed E-state index contributed by atoms with van der Waals surface area (Å²) in [6.45, 7) is 1.06. The van der Waals surface area contributed by atoms with Crippen LogP contribution in [0.4, 0.5) is 0 Å². The molecule has 0 atom stereocenters. The van der Waals surface area contributed by atoms with Crippen molar-refractivity contribution in [3.63, 3.8) is 0 Å². The lowest BCUT2D eigenvalue weighted by atomic mass is 9.82. The topological polar surface area (TPSA) is 84.2 Å². The van der Waals surface area contributed by atoms with Gasteiger partial charge in [-0.3, -0.25) is 14.6 Å². The second-order valence-corrected chi connectivity index (χ2v) is 9.94. The van der Waals surface area contributed by atoms with Crippen molar-refractivity contribution >= 4 is 34.4 Å². The number of halogens is 1. The summed E-state index contributed by atoms with van der Waals surface area (Å²) >= 11 is 6.35. The molecule has 184 valence electrons. The second kappa shape index (κ2) is 10.5. The summed E-state index contributed by atoms with van der Waals surface area (Å²) in [5.74, 6) is -0.861. The fourth-order valence-corrected chi connectivity index (χ4v) is 5.28. The highest BCUT2D eigenvalue weighted by Crippen LogP contribution is 2.29. The lowest BCUT2D eigenvalue weighted by molar-refractivity contribution is -0.143. The number of carboxylic acids is 1. The van der Waals surface area contributed by atoms with Crippen LogP contribution in [0.5, 0.6) is 0 Å². The zero-order chi connectivity index (χ0) is 25.1. The molecule has 1 aliphatic carbocycles. The molecule has 1 saturated carbocycles. The van der Waals surface area contributed by atoms with Crippen LogP contribution in [0.2, 0.25) is 5.02 Å². The van der Waals surface area contributed by atoms with E-state index in [9.17, 15) is 14.7 Å². The smallest absolute Gasteiger partial charge is 0.306 e. The number of amides is 1. The molecule has 0 bridgehead atoms. The van der Waals surface area contributed by atoms with Gasteiger partial charge in [0.05, 0.1) is 29.2 Å². The summed E-state index contributed by atoms with van der Waals surface area (Å²) in [6.07, 6.45) is 6.77. The zero-order valence-electron chi connectivity index (χ0n) is 19.9. The first-order chi connectivity index (χ1) is 17.5. The fraction of sp³-hybridized carbons (Fsp3) is 0.276. The fourth-order valence-electron chi connectivity index (χ4n) is 5.06. The number of nitrogens with one attached hydrogen (secondary N) is 1. The molecule has 0 saturated heterocycles. The molecule has 0 spiro atoms. The molecule has 36 heavy (non-hydrogen) atoms. The number of aromatic nitrogens is 2. The van der Waals surface area contributed by atoms with Crippen LogP contribution in [0, 0.1) is 11.8 Å². The highest BCUT2D eigenvalue weighted by Gasteiger charge is 2.26. The third kappa shape index (κ3) is 5.29. The summed E-state index contributed by atoms with van der Waals surface area (Å²) in [6, 6.07) is 19.7. The first-order valence-electron chi connectivity index (χ1n) is 12.3. The zero-order valence-corrected chi connectivity index (χ0v) is 20.6. The van der Waals surface area contributed by atoms with Crippen molar-refractivity contribution in [2.45, 2.75) is 32.2 Å². The monoisotopic (exact) mass is 501 g/mol. The maximum absolute atomic E-state index is 13.2. The first kappa shape index (κ1) is 24.1. The molecule has 0 radical (unpaired) electrons. The molecule has 2 aromatic heterocycles. The number of rotatable bonds is 7. The summed E-state index contributed by atoms with van der Waals surface area (Å²) in [4.78, 5) is 29.1. The van der Waals surface area contributed by atoms with E-state index in [0.29, 0.717) is 42.4 Å². The Kier molecular flexibility index (Phi) is 7.05. The van der Waals surface area contributed by atoms with E-state index in [1.807, 2.05) is 53.4 Å². The van der Waals surface area contributed by atoms with E-state index in [1.165, 1.54) is 0 Å². The van der Waals surface area contributed by atoms with E-state index in [0.717, 1.165) is 40.6 Å². The van der Waals surface area contributed by atoms with Crippen LogP contribution in [-0.4, -0.2) is 33.1 Å². The van der Waals surface area contributed by atoms with Crippen molar-refractivity contribution < 1.29 is 14.7 Å². The van der Waals surface area contributed by atoms with E-state index in [2.05, 4.69) is 28.5 Å². The van der Waals surface area contributed by atoms with Crippen LogP contribution in [0.15, 0.2) is 73.1 Å². The van der Waals surface area contributed by atoms with Gasteiger partial charge in [0, 0.05) is 34.9 Å². The van der Waals surface area contributed by atoms with E-state index >= 15 is 0 Å². The second-order valence-electron chi connectivity index (χ2n) is 9.50. The minimum Gasteiger partial charge on any atom is -0.481 e. The van der Waals surface area contributed by atoms with Gasteiger partial charge in [0.25, 0.3) is 5.91 Å². The molecule has 1 aliphatic rings. The number of fused-ring (bicyclic) bond motifs is 1. The molecular weight excluding hydrogens is 474 g/mol. The van der Waals surface area contributed by atoms with E-state index in [1.54, 1.807) is 6.07 Å². The standard InChI is InChI=1S/C29H28ClN3O3/c30-24-14-22-12-13-33(18-25-11-10-23(17-31-25)20-4-2-1-3-5-20)27(22)26(15-24)28(34)32-16-19-6-8-21(9-7-19)29(35)36/h1-5,10-15,17,19,21H,6-9,16,18H2,(H,32,34)(H,35,36)/t19-,21-. The average Bonchev–Trinajstić information content (AvgIpc) is 3.30. The van der Waals surface area contributed by atoms with Crippen LogP contribution >= 0.6 is 11.6 Å². The summed E-state index contributed by atoms with van der Waals surface area (Å²) in [5, 5.41) is 13.7. The number of benzene rings is 2. The number of hydrogen-bond donors (Lipinski definition) is 2. The molecule has 0 unspecified atom stereocenters. The Balaban J connectivity index is 1.32. The number of pyridine rings is 1. The number of aliphatic carboxylic acids is 1. The molecule has 1 amide bonds. The normalized spacial score (nSPS) is 17.7. The molecule has 2 N–H and O–H groups in total. The Morgan fingerprint density at radius 1 is 1.00 bits per heavy atom. The van der Waals surface area contributed by atoms with Crippen molar-refractivity contribution in [3.8, 4) is 11.1 Å². The Morgan fingerprint density at radius 3 is 2.47 bits per heavy atom. The van der Waals surface area contributed by atoms with Crippen LogP contribution < -0.4 is 5.32 Å². The van der Waals surface area contributed by atoms with Crippen molar-refractivity contribution in [2.75, 3.05) is 6.54 Å². The molecule has 2 aromatic carbocycles. The van der Waals surface area contributed by atoms with E-state index in [-0.39, 0.29) is 11.8 Å². The van der Waals surface area contributed by atoms with Gasteiger partial charge in [-0.05, 0) is 61.4 Å². The maximum Gasteiger partial charge on any atom is 0.306 e. The van der Waals surface area contributed by atoms with Gasteiger partial charge in [-0.1, -0.05) is 48.0 Å². The Bertz CT molecular complexity index is 1370. The SMILES string of the molecule is O=C(NC[C@H]1CC[C@H](C(=O)O)CC1)c1cc(Cl)cc2ccn(Cc3ccc(-c4ccccc4)cn3)c12. The van der Waals surface area contributed by atoms with Crippen molar-refractivity contribution in [2.24, 2.45) is 11.8 Å². The maximum atomic E-state index is 13.2. The number of hydrogen-bond acceptors (Lipinski definition) is 3. The Morgan fingerprint density at radius 2 is 1.78 bits per heavy atom. The lowest BCUT2D eigenvalue weighted by Crippen LogP contribution is -2.32. The number of carbonyl (C=O) groups excluding carboxylic acids is 1. The van der Waals surface area contributed by atoms with Crippen LogP contribution in [-0.2, 0) is 11.3 Å². The van der Waals surface area contributed by atoms with Gasteiger partial charge in [0.2, 0.25) is 0 Å². The molecule has 6 nitrogen and oxygen atoms in total. The average molecular weight is 502 g/mol. The number of carbonyl (C=O) groups is 2. The number of carboxylic acid groups (broad SMARTS) is 1. The predicted octanol–water partition coefficient (Wildman–Crippen LogP) is 6.03. The van der Waals surface area contributed by atoms with Crippen molar-refractivity contribution in [1.29, 1.82) is 0 Å². The van der Waals surface area contributed by atoms with Crippen molar-refractivity contribution in [1.82, 2.24) is 14.9 Å². The number of nitrogens with zero attached hydrogens (tertiary/aromatic N) is 2. The van der Waals surface area contributed by atoms with Gasteiger partial charge >= 0.3 is 5.97 Å². The summed E-state index contributed by atoms with van der Waals surface area (Å²) < 4.78 is 2.03. The minimum atomic E-state index is -0.719. The molecule has 4 aromatic rings. The van der Waals surface area contributed by atoms with Gasteiger partial charge in [-0.25, -0.2) is 0 Å². The highest BCUT2D eigenvalue weighted by atomic mass is 35.5. The Hall–Kier alpha value is -3.64. The van der Waals surface area contributed by atoms with Gasteiger partial charge in [0.1, 0.15) is 0 Å². The summed E-state index contributed by atoms with van der Waals surface area (Å²) in [7, 11) is 0. The van der Waals surface area contributed by atoms with Crippen LogP contribution in [0.1, 0.15) is 41.7 Å². The Labute approximate surface area is 214 Å². The van der Waals surface area contributed by atoms with Crippen LogP contribution in [0.3, 0.4) is 0 Å². The quantitative estimate of drug-likeness (QED) is 0.324.